The van der Waals surface area contributed by atoms with Crippen molar-refractivity contribution in [2.45, 2.75) is 19.3 Å². The van der Waals surface area contributed by atoms with Crippen LogP contribution in [0.4, 0.5) is 0 Å². The molecule has 0 unspecified atom stereocenters. The lowest BCUT2D eigenvalue weighted by molar-refractivity contribution is -0.121. The van der Waals surface area contributed by atoms with Crippen molar-refractivity contribution in [3.05, 3.63) is 30.2 Å². The number of carbonyl (C=O) groups excluding carboxylic acids is 1. The van der Waals surface area contributed by atoms with E-state index in [-0.39, 0.29) is 5.91 Å². The smallest absolute Gasteiger partial charge is 0.251 e. The van der Waals surface area contributed by atoms with E-state index >= 15 is 0 Å². The fourth-order valence-electron chi connectivity index (χ4n) is 2.04. The van der Waals surface area contributed by atoms with Crippen LogP contribution in [0, 0.1) is 0 Å². The van der Waals surface area contributed by atoms with Gasteiger partial charge in [0.05, 0.1) is 12.7 Å². The molecule has 0 fully saturated rings. The van der Waals surface area contributed by atoms with E-state index in [0.29, 0.717) is 43.5 Å². The normalized spacial score (nSPS) is 10.5. The van der Waals surface area contributed by atoms with E-state index in [1.54, 1.807) is 14.2 Å². The Kier molecular flexibility index (Phi) is 6.56. The summed E-state index contributed by atoms with van der Waals surface area (Å²) in [6, 6.07) is 7.41. The van der Waals surface area contributed by atoms with Crippen LogP contribution in [0.3, 0.4) is 0 Å². The standard InChI is InChI=1S/C16H21N3O4/c1-21-11-5-10-17-14(20)8-9-15-18-19-16(23-15)12-6-3-4-7-13(12)22-2/h3-4,6-7H,5,8-11H2,1-2H3,(H,17,20). The van der Waals surface area contributed by atoms with Gasteiger partial charge in [-0.3, -0.25) is 4.79 Å². The number of amides is 1. The van der Waals surface area contributed by atoms with E-state index in [2.05, 4.69) is 15.5 Å². The van der Waals surface area contributed by atoms with E-state index < -0.39 is 0 Å². The summed E-state index contributed by atoms with van der Waals surface area (Å²) in [5.74, 6) is 1.44. The lowest BCUT2D eigenvalue weighted by Crippen LogP contribution is -2.25. The number of carbonyl (C=O) groups is 1. The molecular formula is C16H21N3O4. The van der Waals surface area contributed by atoms with E-state index in [1.165, 1.54) is 0 Å². The maximum absolute atomic E-state index is 11.7. The highest BCUT2D eigenvalue weighted by atomic mass is 16.5. The number of para-hydroxylation sites is 1. The first kappa shape index (κ1) is 17.0. The molecule has 0 atom stereocenters. The maximum atomic E-state index is 11.7. The van der Waals surface area contributed by atoms with Crippen molar-refractivity contribution in [3.8, 4) is 17.2 Å². The summed E-state index contributed by atoms with van der Waals surface area (Å²) in [6.07, 6.45) is 1.50. The van der Waals surface area contributed by atoms with Crippen LogP contribution in [0.1, 0.15) is 18.7 Å². The van der Waals surface area contributed by atoms with Crippen LogP contribution in [0.5, 0.6) is 5.75 Å². The highest BCUT2D eigenvalue weighted by Crippen LogP contribution is 2.28. The number of rotatable bonds is 9. The molecule has 0 aliphatic heterocycles. The molecule has 124 valence electrons. The Morgan fingerprint density at radius 1 is 1.26 bits per heavy atom. The number of nitrogens with one attached hydrogen (secondary N) is 1. The molecule has 2 aromatic rings. The molecule has 7 nitrogen and oxygen atoms in total. The third-order valence-electron chi connectivity index (χ3n) is 3.22. The van der Waals surface area contributed by atoms with Gasteiger partial charge in [0, 0.05) is 33.1 Å². The van der Waals surface area contributed by atoms with Crippen LogP contribution in [0.2, 0.25) is 0 Å². The molecule has 2 rings (SSSR count). The molecule has 0 aliphatic rings. The average Bonchev–Trinajstić information content (AvgIpc) is 3.05. The van der Waals surface area contributed by atoms with Crippen molar-refractivity contribution in [1.29, 1.82) is 0 Å². The summed E-state index contributed by atoms with van der Waals surface area (Å²) in [4.78, 5) is 11.7. The van der Waals surface area contributed by atoms with E-state index in [1.807, 2.05) is 24.3 Å². The zero-order valence-electron chi connectivity index (χ0n) is 13.4. The summed E-state index contributed by atoms with van der Waals surface area (Å²) in [7, 11) is 3.22. The predicted octanol–water partition coefficient (Wildman–Crippen LogP) is 1.83. The molecule has 1 heterocycles. The van der Waals surface area contributed by atoms with Crippen molar-refractivity contribution >= 4 is 5.91 Å². The van der Waals surface area contributed by atoms with Gasteiger partial charge in [0.2, 0.25) is 11.8 Å². The van der Waals surface area contributed by atoms with Gasteiger partial charge in [-0.2, -0.15) is 0 Å². The Labute approximate surface area is 135 Å². The second-order valence-electron chi connectivity index (χ2n) is 4.90. The fraction of sp³-hybridized carbons (Fsp3) is 0.438. The number of hydrogen-bond acceptors (Lipinski definition) is 6. The molecule has 1 aromatic heterocycles. The van der Waals surface area contributed by atoms with Crippen LogP contribution in [0.15, 0.2) is 28.7 Å². The minimum absolute atomic E-state index is 0.0434. The van der Waals surface area contributed by atoms with Gasteiger partial charge in [-0.05, 0) is 18.6 Å². The quantitative estimate of drug-likeness (QED) is 0.710. The molecule has 0 saturated heterocycles. The van der Waals surface area contributed by atoms with Crippen molar-refractivity contribution < 1.29 is 18.7 Å². The summed E-state index contributed by atoms with van der Waals surface area (Å²) in [5.41, 5.74) is 0.734. The van der Waals surface area contributed by atoms with Gasteiger partial charge in [0.1, 0.15) is 5.75 Å². The second kappa shape index (κ2) is 8.89. The van der Waals surface area contributed by atoms with Crippen LogP contribution in [0.25, 0.3) is 11.5 Å². The summed E-state index contributed by atoms with van der Waals surface area (Å²) in [5, 5.41) is 10.8. The lowest BCUT2D eigenvalue weighted by Gasteiger charge is -2.04. The summed E-state index contributed by atoms with van der Waals surface area (Å²) < 4.78 is 15.8. The first-order valence-corrected chi connectivity index (χ1v) is 7.46. The zero-order valence-corrected chi connectivity index (χ0v) is 13.4. The molecule has 0 spiro atoms. The highest BCUT2D eigenvalue weighted by Gasteiger charge is 2.13. The fourth-order valence-corrected chi connectivity index (χ4v) is 2.04. The van der Waals surface area contributed by atoms with Gasteiger partial charge in [0.15, 0.2) is 0 Å². The Bertz CT molecular complexity index is 627. The number of methoxy groups -OCH3 is 2. The topological polar surface area (TPSA) is 86.5 Å². The Hall–Kier alpha value is -2.41. The van der Waals surface area contributed by atoms with Gasteiger partial charge in [-0.1, -0.05) is 12.1 Å². The number of benzene rings is 1. The van der Waals surface area contributed by atoms with E-state index in [9.17, 15) is 4.79 Å². The predicted molar refractivity (Wildman–Crippen MR) is 84.1 cm³/mol. The number of ether oxygens (including phenoxy) is 2. The van der Waals surface area contributed by atoms with Gasteiger partial charge in [-0.25, -0.2) is 0 Å². The number of nitrogens with zero attached hydrogens (tertiary/aromatic N) is 2. The van der Waals surface area contributed by atoms with Crippen LogP contribution in [-0.2, 0) is 16.0 Å². The van der Waals surface area contributed by atoms with Crippen molar-refractivity contribution in [1.82, 2.24) is 15.5 Å². The van der Waals surface area contributed by atoms with E-state index in [0.717, 1.165) is 12.0 Å². The third kappa shape index (κ3) is 5.07. The Morgan fingerprint density at radius 3 is 2.87 bits per heavy atom. The minimum Gasteiger partial charge on any atom is -0.496 e. The van der Waals surface area contributed by atoms with Crippen LogP contribution in [-0.4, -0.2) is 43.5 Å². The Balaban J connectivity index is 1.86. The first-order chi connectivity index (χ1) is 11.2. The Morgan fingerprint density at radius 2 is 2.09 bits per heavy atom. The average molecular weight is 319 g/mol. The van der Waals surface area contributed by atoms with Gasteiger partial charge in [-0.15, -0.1) is 10.2 Å². The molecule has 1 amide bonds. The summed E-state index contributed by atoms with van der Waals surface area (Å²) in [6.45, 7) is 1.23. The molecular weight excluding hydrogens is 298 g/mol. The van der Waals surface area contributed by atoms with E-state index in [4.69, 9.17) is 13.9 Å². The zero-order chi connectivity index (χ0) is 16.5. The first-order valence-electron chi connectivity index (χ1n) is 7.46. The maximum Gasteiger partial charge on any atom is 0.251 e. The number of hydrogen-bond donors (Lipinski definition) is 1. The van der Waals surface area contributed by atoms with Gasteiger partial charge >= 0.3 is 0 Å². The molecule has 0 saturated carbocycles. The number of aryl methyl sites for hydroxylation is 1. The molecule has 23 heavy (non-hydrogen) atoms. The lowest BCUT2D eigenvalue weighted by atomic mass is 10.2. The third-order valence-corrected chi connectivity index (χ3v) is 3.22. The van der Waals surface area contributed by atoms with Gasteiger partial charge < -0.3 is 19.2 Å². The molecule has 1 aromatic carbocycles. The van der Waals surface area contributed by atoms with Gasteiger partial charge in [0.25, 0.3) is 5.89 Å². The highest BCUT2D eigenvalue weighted by molar-refractivity contribution is 5.76. The second-order valence-corrected chi connectivity index (χ2v) is 4.90. The largest absolute Gasteiger partial charge is 0.496 e. The molecule has 0 aliphatic carbocycles. The van der Waals surface area contributed by atoms with Crippen molar-refractivity contribution in [2.75, 3.05) is 27.4 Å². The molecule has 1 N–H and O–H groups in total. The minimum atomic E-state index is -0.0434. The van der Waals surface area contributed by atoms with Crippen molar-refractivity contribution in [2.24, 2.45) is 0 Å². The molecule has 7 heteroatoms. The molecule has 0 radical (unpaired) electrons. The van der Waals surface area contributed by atoms with Crippen LogP contribution >= 0.6 is 0 Å². The number of aromatic nitrogens is 2. The SMILES string of the molecule is COCCCNC(=O)CCc1nnc(-c2ccccc2OC)o1. The van der Waals surface area contributed by atoms with Crippen LogP contribution < -0.4 is 10.1 Å². The monoisotopic (exact) mass is 319 g/mol. The molecule has 0 bridgehead atoms. The van der Waals surface area contributed by atoms with Crippen molar-refractivity contribution in [3.63, 3.8) is 0 Å². The summed E-state index contributed by atoms with van der Waals surface area (Å²) >= 11 is 0.